The Labute approximate surface area is 171 Å². The lowest BCUT2D eigenvalue weighted by Crippen LogP contribution is -2.39. The number of carbonyl (C=O) groups is 2. The third kappa shape index (κ3) is 3.35. The van der Waals surface area contributed by atoms with Crippen molar-refractivity contribution in [3.63, 3.8) is 0 Å². The summed E-state index contributed by atoms with van der Waals surface area (Å²) >= 11 is 0. The lowest BCUT2D eigenvalue weighted by atomic mass is 9.99. The van der Waals surface area contributed by atoms with Crippen LogP contribution in [0.5, 0.6) is 5.75 Å². The fourth-order valence-corrected chi connectivity index (χ4v) is 3.79. The number of hydrogen-bond acceptors (Lipinski definition) is 5. The van der Waals surface area contributed by atoms with E-state index < -0.39 is 18.6 Å². The Kier molecular flexibility index (Phi) is 5.08. The molecule has 3 heterocycles. The number of carbonyl (C=O) groups excluding carboxylic acids is 2. The van der Waals surface area contributed by atoms with Gasteiger partial charge in [-0.05, 0) is 31.0 Å². The van der Waals surface area contributed by atoms with E-state index in [1.165, 1.54) is 0 Å². The number of anilines is 1. The van der Waals surface area contributed by atoms with E-state index in [1.807, 2.05) is 22.8 Å². The maximum atomic E-state index is 13.4. The van der Waals surface area contributed by atoms with E-state index in [4.69, 9.17) is 15.2 Å². The lowest BCUT2D eigenvalue weighted by molar-refractivity contribution is -0.121. The Morgan fingerprint density at radius 1 is 1.37 bits per heavy atom. The smallest absolute Gasteiger partial charge is 0.416 e. The van der Waals surface area contributed by atoms with Crippen LogP contribution in [0.1, 0.15) is 18.2 Å². The molecule has 0 aliphatic carbocycles. The fraction of sp³-hybridized carbons (Fsp3) is 0.450. The third-order valence-corrected chi connectivity index (χ3v) is 5.51. The van der Waals surface area contributed by atoms with Gasteiger partial charge in [0.1, 0.15) is 30.8 Å². The molecule has 2 aliphatic heterocycles. The largest absolute Gasteiger partial charge is 0.491 e. The van der Waals surface area contributed by atoms with Gasteiger partial charge in [0.15, 0.2) is 5.82 Å². The van der Waals surface area contributed by atoms with Crippen molar-refractivity contribution in [2.75, 3.05) is 18.1 Å². The summed E-state index contributed by atoms with van der Waals surface area (Å²) in [6.07, 6.45) is -3.10. The number of rotatable bonds is 5. The number of ether oxygens (including phenoxy) is 2. The van der Waals surface area contributed by atoms with Crippen LogP contribution in [0.4, 0.5) is 19.4 Å². The van der Waals surface area contributed by atoms with E-state index in [-0.39, 0.29) is 24.2 Å². The molecule has 2 N–H and O–H groups in total. The Hall–Kier alpha value is -3.17. The summed E-state index contributed by atoms with van der Waals surface area (Å²) in [5, 5.41) is 0. The number of aromatic nitrogens is 2. The van der Waals surface area contributed by atoms with Crippen molar-refractivity contribution in [3.05, 3.63) is 29.5 Å². The Balaban J connectivity index is 1.74. The van der Waals surface area contributed by atoms with Crippen LogP contribution in [0.2, 0.25) is 0 Å². The quantitative estimate of drug-likeness (QED) is 0.801. The summed E-state index contributed by atoms with van der Waals surface area (Å²) in [5.74, 6) is 0.563. The third-order valence-electron chi connectivity index (χ3n) is 5.51. The molecule has 160 valence electrons. The number of nitrogens with two attached hydrogens (primary N) is 1. The van der Waals surface area contributed by atoms with Gasteiger partial charge in [0.2, 0.25) is 5.91 Å². The molecule has 0 unspecified atom stereocenters. The molecule has 0 radical (unpaired) electrons. The van der Waals surface area contributed by atoms with Crippen LogP contribution in [0.15, 0.2) is 18.2 Å². The summed E-state index contributed by atoms with van der Waals surface area (Å²) in [6, 6.07) is 4.13. The van der Waals surface area contributed by atoms with Gasteiger partial charge in [0, 0.05) is 5.92 Å². The zero-order valence-corrected chi connectivity index (χ0v) is 16.6. The van der Waals surface area contributed by atoms with E-state index in [0.717, 1.165) is 10.5 Å². The van der Waals surface area contributed by atoms with Crippen molar-refractivity contribution in [1.29, 1.82) is 0 Å². The fourth-order valence-electron chi connectivity index (χ4n) is 3.79. The zero-order chi connectivity index (χ0) is 21.6. The normalized spacial score (nSPS) is 19.0. The Morgan fingerprint density at radius 3 is 2.83 bits per heavy atom. The summed E-state index contributed by atoms with van der Waals surface area (Å²) in [4.78, 5) is 29.0. The van der Waals surface area contributed by atoms with E-state index in [9.17, 15) is 18.4 Å². The summed E-state index contributed by atoms with van der Waals surface area (Å²) in [5.41, 5.74) is 7.50. The van der Waals surface area contributed by atoms with Gasteiger partial charge in [-0.1, -0.05) is 13.0 Å². The van der Waals surface area contributed by atoms with Gasteiger partial charge < -0.3 is 19.8 Å². The van der Waals surface area contributed by atoms with E-state index in [0.29, 0.717) is 42.4 Å². The number of primary amides is 1. The van der Waals surface area contributed by atoms with Gasteiger partial charge >= 0.3 is 6.09 Å². The van der Waals surface area contributed by atoms with Crippen molar-refractivity contribution in [3.8, 4) is 17.1 Å². The van der Waals surface area contributed by atoms with Crippen LogP contribution < -0.4 is 15.4 Å². The van der Waals surface area contributed by atoms with Crippen molar-refractivity contribution < 1.29 is 27.8 Å². The number of hydrogen-bond donors (Lipinski definition) is 1. The molecule has 1 saturated heterocycles. The maximum absolute atomic E-state index is 13.4. The summed E-state index contributed by atoms with van der Waals surface area (Å²) in [6.45, 7) is 3.89. The maximum Gasteiger partial charge on any atom is 0.416 e. The van der Waals surface area contributed by atoms with Gasteiger partial charge in [-0.2, -0.15) is 0 Å². The second-order valence-electron chi connectivity index (χ2n) is 7.53. The molecular formula is C20H22F2N4O4. The van der Waals surface area contributed by atoms with Crippen molar-refractivity contribution in [1.82, 2.24) is 9.55 Å². The molecule has 2 aliphatic rings. The van der Waals surface area contributed by atoms with Crippen LogP contribution in [0, 0.1) is 12.8 Å². The number of amides is 2. The first-order chi connectivity index (χ1) is 14.3. The SMILES string of the molecule is Cc1c(N2C(=O)OC[C@H]2C(F)F)nc2n1CCOc1cc(C[C@@H](C)C(N)=O)ccc1-2. The van der Waals surface area contributed by atoms with Crippen LogP contribution in [0.25, 0.3) is 11.4 Å². The molecule has 30 heavy (non-hydrogen) atoms. The highest BCUT2D eigenvalue weighted by Gasteiger charge is 2.43. The molecule has 1 aromatic carbocycles. The molecular weight excluding hydrogens is 398 g/mol. The second-order valence-corrected chi connectivity index (χ2v) is 7.53. The van der Waals surface area contributed by atoms with Crippen LogP contribution in [0.3, 0.4) is 0 Å². The molecule has 0 spiro atoms. The highest BCUT2D eigenvalue weighted by atomic mass is 19.3. The second kappa shape index (κ2) is 7.58. The average molecular weight is 420 g/mol. The highest BCUT2D eigenvalue weighted by Crippen LogP contribution is 2.38. The minimum Gasteiger partial charge on any atom is -0.491 e. The van der Waals surface area contributed by atoms with Crippen LogP contribution in [-0.4, -0.2) is 47.2 Å². The molecule has 2 amide bonds. The number of imidazole rings is 1. The molecule has 10 heteroatoms. The van der Waals surface area contributed by atoms with Crippen molar-refractivity contribution in [2.45, 2.75) is 39.3 Å². The molecule has 1 aromatic heterocycles. The first-order valence-electron chi connectivity index (χ1n) is 9.64. The van der Waals surface area contributed by atoms with E-state index in [2.05, 4.69) is 4.98 Å². The molecule has 4 rings (SSSR count). The van der Waals surface area contributed by atoms with E-state index in [1.54, 1.807) is 13.8 Å². The number of nitrogens with zero attached hydrogens (tertiary/aromatic N) is 3. The minimum absolute atomic E-state index is 0.164. The first-order valence-corrected chi connectivity index (χ1v) is 9.64. The predicted octanol–water partition coefficient (Wildman–Crippen LogP) is 2.51. The molecule has 2 atom stereocenters. The molecule has 0 saturated carbocycles. The van der Waals surface area contributed by atoms with E-state index >= 15 is 0 Å². The number of benzene rings is 1. The number of cyclic esters (lactones) is 1. The predicted molar refractivity (Wildman–Crippen MR) is 104 cm³/mol. The molecule has 8 nitrogen and oxygen atoms in total. The lowest BCUT2D eigenvalue weighted by Gasteiger charge is -2.19. The number of halogens is 2. The summed E-state index contributed by atoms with van der Waals surface area (Å²) in [7, 11) is 0. The average Bonchev–Trinajstić information content (AvgIpc) is 3.16. The van der Waals surface area contributed by atoms with Gasteiger partial charge in [-0.25, -0.2) is 23.5 Å². The van der Waals surface area contributed by atoms with Crippen LogP contribution in [-0.2, 0) is 22.5 Å². The van der Waals surface area contributed by atoms with Gasteiger partial charge in [0.05, 0.1) is 17.8 Å². The topological polar surface area (TPSA) is 99.7 Å². The summed E-state index contributed by atoms with van der Waals surface area (Å²) < 4.78 is 39.4. The molecule has 1 fully saturated rings. The Bertz CT molecular complexity index is 1010. The van der Waals surface area contributed by atoms with Gasteiger partial charge in [-0.3, -0.25) is 4.79 Å². The number of alkyl halides is 2. The zero-order valence-electron chi connectivity index (χ0n) is 16.6. The van der Waals surface area contributed by atoms with Gasteiger partial charge in [0.25, 0.3) is 6.43 Å². The van der Waals surface area contributed by atoms with Gasteiger partial charge in [-0.15, -0.1) is 0 Å². The standard InChI is InChI=1S/C20H22F2N4O4/c1-10(17(23)27)7-12-3-4-13-15(8-12)29-6-5-25-11(2)18(24-19(13)25)26-14(16(21)22)9-30-20(26)28/h3-4,8,10,14,16H,5-7,9H2,1-2H3,(H2,23,27)/t10-,14+/m1/s1. The van der Waals surface area contributed by atoms with Crippen molar-refractivity contribution in [2.24, 2.45) is 11.7 Å². The van der Waals surface area contributed by atoms with Crippen LogP contribution >= 0.6 is 0 Å². The monoisotopic (exact) mass is 420 g/mol. The minimum atomic E-state index is -2.75. The first kappa shape index (κ1) is 20.1. The highest BCUT2D eigenvalue weighted by molar-refractivity contribution is 5.90. The van der Waals surface area contributed by atoms with Crippen molar-refractivity contribution >= 4 is 17.8 Å². The molecule has 0 bridgehead atoms. The number of fused-ring (bicyclic) bond motifs is 3. The molecule has 2 aromatic rings. The Morgan fingerprint density at radius 2 is 2.13 bits per heavy atom.